The molecule has 2 N–H and O–H groups in total. The number of nitrogens with one attached hydrogen (secondary N) is 2. The van der Waals surface area contributed by atoms with Crippen LogP contribution in [0, 0.1) is 0 Å². The topological polar surface area (TPSA) is 93.7 Å². The zero-order valence-electron chi connectivity index (χ0n) is 15.4. The molecule has 0 bridgehead atoms. The van der Waals surface area contributed by atoms with E-state index in [1.54, 1.807) is 39.0 Å². The van der Waals surface area contributed by atoms with Gasteiger partial charge in [0, 0.05) is 22.9 Å². The first-order valence-electron chi connectivity index (χ1n) is 8.49. The van der Waals surface area contributed by atoms with Crippen molar-refractivity contribution in [2.75, 3.05) is 18.5 Å². The summed E-state index contributed by atoms with van der Waals surface area (Å²) in [4.78, 5) is 12.5. The van der Waals surface area contributed by atoms with Crippen LogP contribution >= 0.6 is 0 Å². The zero-order chi connectivity index (χ0) is 19.7. The molecule has 0 saturated carbocycles. The Hall–Kier alpha value is -2.58. The molecule has 3 rings (SSSR count). The van der Waals surface area contributed by atoms with Crippen molar-refractivity contribution in [3.63, 3.8) is 0 Å². The summed E-state index contributed by atoms with van der Waals surface area (Å²) in [5.41, 5.74) is 0.322. The maximum Gasteiger partial charge on any atom is 0.255 e. The van der Waals surface area contributed by atoms with Gasteiger partial charge < -0.3 is 14.8 Å². The number of hydrogen-bond donors (Lipinski definition) is 2. The highest BCUT2D eigenvalue weighted by Crippen LogP contribution is 2.32. The quantitative estimate of drug-likeness (QED) is 0.837. The summed E-state index contributed by atoms with van der Waals surface area (Å²) in [6, 6.07) is 10.9. The van der Waals surface area contributed by atoms with E-state index in [9.17, 15) is 13.2 Å². The van der Waals surface area contributed by atoms with Gasteiger partial charge in [-0.15, -0.1) is 0 Å². The second kappa shape index (κ2) is 7.21. The highest BCUT2D eigenvalue weighted by Gasteiger charge is 2.22. The van der Waals surface area contributed by atoms with Crippen molar-refractivity contribution in [3.8, 4) is 11.5 Å². The third-order valence-corrected chi connectivity index (χ3v) is 5.44. The van der Waals surface area contributed by atoms with Crippen LogP contribution in [0.3, 0.4) is 0 Å². The van der Waals surface area contributed by atoms with Crippen LogP contribution in [-0.4, -0.2) is 33.1 Å². The predicted octanol–water partition coefficient (Wildman–Crippen LogP) is 2.79. The van der Waals surface area contributed by atoms with Gasteiger partial charge in [0.15, 0.2) is 11.5 Å². The number of carbonyl (C=O) groups excluding carboxylic acids is 1. The van der Waals surface area contributed by atoms with Gasteiger partial charge in [0.1, 0.15) is 13.2 Å². The Balaban J connectivity index is 1.73. The molecule has 0 spiro atoms. The van der Waals surface area contributed by atoms with E-state index in [1.165, 1.54) is 24.3 Å². The summed E-state index contributed by atoms with van der Waals surface area (Å²) >= 11 is 0. The number of anilines is 1. The molecule has 2 aromatic rings. The molecule has 0 unspecified atom stereocenters. The molecule has 1 amide bonds. The van der Waals surface area contributed by atoms with E-state index in [0.29, 0.717) is 36.0 Å². The zero-order valence-corrected chi connectivity index (χ0v) is 16.2. The van der Waals surface area contributed by atoms with E-state index < -0.39 is 15.6 Å². The standard InChI is InChI=1S/C19H22N2O5S/c1-19(2,3)21-27(23,24)15-7-4-13(5-8-15)18(22)20-14-6-9-16-17(12-14)26-11-10-25-16/h4-9,12,21H,10-11H2,1-3H3,(H,20,22). The third-order valence-electron chi connectivity index (χ3n) is 3.67. The number of fused-ring (bicyclic) bond motifs is 1. The molecule has 1 aliphatic rings. The van der Waals surface area contributed by atoms with Crippen LogP contribution in [0.2, 0.25) is 0 Å². The molecule has 0 atom stereocenters. The Kier molecular flexibility index (Phi) is 5.12. The molecule has 0 aliphatic carbocycles. The maximum atomic E-state index is 12.4. The van der Waals surface area contributed by atoms with Crippen LogP contribution in [0.5, 0.6) is 11.5 Å². The van der Waals surface area contributed by atoms with Gasteiger partial charge in [-0.05, 0) is 57.2 Å². The van der Waals surface area contributed by atoms with E-state index in [-0.39, 0.29) is 10.8 Å². The van der Waals surface area contributed by atoms with E-state index in [1.807, 2.05) is 0 Å². The first kappa shape index (κ1) is 19.2. The van der Waals surface area contributed by atoms with Crippen LogP contribution in [0.25, 0.3) is 0 Å². The van der Waals surface area contributed by atoms with Gasteiger partial charge in [-0.25, -0.2) is 13.1 Å². The minimum absolute atomic E-state index is 0.105. The minimum atomic E-state index is -3.64. The molecular weight excluding hydrogens is 368 g/mol. The van der Waals surface area contributed by atoms with Crippen molar-refractivity contribution < 1.29 is 22.7 Å². The van der Waals surface area contributed by atoms with Gasteiger partial charge in [0.25, 0.3) is 5.91 Å². The minimum Gasteiger partial charge on any atom is -0.486 e. The maximum absolute atomic E-state index is 12.4. The first-order chi connectivity index (χ1) is 12.6. The smallest absolute Gasteiger partial charge is 0.255 e. The van der Waals surface area contributed by atoms with E-state index in [0.717, 1.165) is 0 Å². The fourth-order valence-corrected chi connectivity index (χ4v) is 3.99. The second-order valence-electron chi connectivity index (χ2n) is 7.19. The summed E-state index contributed by atoms with van der Waals surface area (Å²) < 4.78 is 38.2. The average molecular weight is 390 g/mol. The lowest BCUT2D eigenvalue weighted by atomic mass is 10.1. The van der Waals surface area contributed by atoms with Gasteiger partial charge in [0.05, 0.1) is 4.90 Å². The number of amides is 1. The molecule has 2 aromatic carbocycles. The lowest BCUT2D eigenvalue weighted by Gasteiger charge is -2.20. The summed E-state index contributed by atoms with van der Waals surface area (Å²) in [5, 5.41) is 2.77. The summed E-state index contributed by atoms with van der Waals surface area (Å²) in [5.74, 6) is 0.869. The molecule has 0 saturated heterocycles. The molecule has 144 valence electrons. The normalized spacial score (nSPS) is 13.9. The van der Waals surface area contributed by atoms with Crippen molar-refractivity contribution in [1.29, 1.82) is 0 Å². The lowest BCUT2D eigenvalue weighted by molar-refractivity contribution is 0.102. The monoisotopic (exact) mass is 390 g/mol. The number of hydrogen-bond acceptors (Lipinski definition) is 5. The van der Waals surface area contributed by atoms with Crippen LogP contribution in [0.15, 0.2) is 47.4 Å². The van der Waals surface area contributed by atoms with E-state index in [2.05, 4.69) is 10.0 Å². The number of rotatable bonds is 4. The lowest BCUT2D eigenvalue weighted by Crippen LogP contribution is -2.40. The molecule has 1 heterocycles. The van der Waals surface area contributed by atoms with Crippen molar-refractivity contribution in [1.82, 2.24) is 4.72 Å². The van der Waals surface area contributed by atoms with Gasteiger partial charge in [0.2, 0.25) is 10.0 Å². The number of carbonyl (C=O) groups is 1. The Morgan fingerprint density at radius 3 is 2.22 bits per heavy atom. The van der Waals surface area contributed by atoms with Gasteiger partial charge in [-0.2, -0.15) is 0 Å². The van der Waals surface area contributed by atoms with Gasteiger partial charge in [-0.3, -0.25) is 4.79 Å². The van der Waals surface area contributed by atoms with Crippen LogP contribution in [0.4, 0.5) is 5.69 Å². The van der Waals surface area contributed by atoms with Crippen molar-refractivity contribution in [2.45, 2.75) is 31.2 Å². The Bertz CT molecular complexity index is 947. The molecule has 1 aliphatic heterocycles. The van der Waals surface area contributed by atoms with Crippen LogP contribution < -0.4 is 19.5 Å². The molecule has 0 fully saturated rings. The van der Waals surface area contributed by atoms with Crippen molar-refractivity contribution in [2.24, 2.45) is 0 Å². The largest absolute Gasteiger partial charge is 0.486 e. The van der Waals surface area contributed by atoms with Crippen LogP contribution in [-0.2, 0) is 10.0 Å². The fourth-order valence-electron chi connectivity index (χ4n) is 2.57. The van der Waals surface area contributed by atoms with E-state index >= 15 is 0 Å². The third kappa shape index (κ3) is 4.78. The SMILES string of the molecule is CC(C)(C)NS(=O)(=O)c1ccc(C(=O)Nc2ccc3c(c2)OCCO3)cc1. The van der Waals surface area contributed by atoms with Crippen molar-refractivity contribution in [3.05, 3.63) is 48.0 Å². The number of ether oxygens (including phenoxy) is 2. The molecule has 7 nitrogen and oxygen atoms in total. The van der Waals surface area contributed by atoms with E-state index in [4.69, 9.17) is 9.47 Å². The average Bonchev–Trinajstić information content (AvgIpc) is 2.60. The highest BCUT2D eigenvalue weighted by molar-refractivity contribution is 7.89. The first-order valence-corrected chi connectivity index (χ1v) is 9.97. The predicted molar refractivity (Wildman–Crippen MR) is 102 cm³/mol. The molecular formula is C19H22N2O5S. The highest BCUT2D eigenvalue weighted by atomic mass is 32.2. The number of benzene rings is 2. The summed E-state index contributed by atoms with van der Waals surface area (Å²) in [6.45, 7) is 6.25. The Morgan fingerprint density at radius 2 is 1.59 bits per heavy atom. The number of sulfonamides is 1. The molecule has 0 radical (unpaired) electrons. The van der Waals surface area contributed by atoms with Crippen LogP contribution in [0.1, 0.15) is 31.1 Å². The Labute approximate surface area is 158 Å². The molecule has 8 heteroatoms. The fraction of sp³-hybridized carbons (Fsp3) is 0.316. The van der Waals surface area contributed by atoms with Gasteiger partial charge >= 0.3 is 0 Å². The molecule has 0 aromatic heterocycles. The summed E-state index contributed by atoms with van der Waals surface area (Å²) in [6.07, 6.45) is 0. The Morgan fingerprint density at radius 1 is 0.963 bits per heavy atom. The summed E-state index contributed by atoms with van der Waals surface area (Å²) in [7, 11) is -3.64. The van der Waals surface area contributed by atoms with Crippen molar-refractivity contribution >= 4 is 21.6 Å². The van der Waals surface area contributed by atoms with Gasteiger partial charge in [-0.1, -0.05) is 0 Å². The molecule has 27 heavy (non-hydrogen) atoms. The second-order valence-corrected chi connectivity index (χ2v) is 8.87.